The Kier molecular flexibility index (Phi) is 2.45. The molecule has 5 heteroatoms. The van der Waals surface area contributed by atoms with Crippen LogP contribution in [0.1, 0.15) is 31.0 Å². The molecule has 1 aromatic rings. The van der Waals surface area contributed by atoms with E-state index in [1.165, 1.54) is 0 Å². The topological polar surface area (TPSA) is 64.3 Å². The van der Waals surface area contributed by atoms with Crippen LogP contribution >= 0.6 is 0 Å². The number of hydrogen-bond donors (Lipinski definition) is 1. The Balaban J connectivity index is 2.46. The number of ether oxygens (including phenoxy) is 1. The highest BCUT2D eigenvalue weighted by atomic mass is 16.5. The van der Waals surface area contributed by atoms with Gasteiger partial charge in [0.25, 0.3) is 0 Å². The Morgan fingerprint density at radius 2 is 2.12 bits per heavy atom. The monoisotopic (exact) mass is 238 g/mol. The molecule has 0 unspecified atom stereocenters. The SMILES string of the molecule is COc1c([C@@H]2[C@@H](C(=O)O)C2(C)C)c(C)nn1C. The standard InChI is InChI=1S/C12H18N2O3/c1-6-7(10(17-5)14(4)13-6)8-9(11(15)16)12(8,2)3/h8-9H,1-5H3,(H,15,16)/t8-,9+/m1/s1. The second kappa shape index (κ2) is 3.48. The predicted molar refractivity (Wildman–Crippen MR) is 62.1 cm³/mol. The minimum atomic E-state index is -0.745. The van der Waals surface area contributed by atoms with E-state index in [4.69, 9.17) is 4.74 Å². The van der Waals surface area contributed by atoms with Crippen molar-refractivity contribution in [2.24, 2.45) is 18.4 Å². The summed E-state index contributed by atoms with van der Waals surface area (Å²) < 4.78 is 6.99. The highest BCUT2D eigenvalue weighted by Gasteiger charge is 2.64. The third kappa shape index (κ3) is 1.52. The zero-order valence-electron chi connectivity index (χ0n) is 10.8. The summed E-state index contributed by atoms with van der Waals surface area (Å²) in [5, 5.41) is 13.5. The van der Waals surface area contributed by atoms with Crippen molar-refractivity contribution >= 4 is 5.97 Å². The first kappa shape index (κ1) is 12.0. The van der Waals surface area contributed by atoms with Gasteiger partial charge in [-0.3, -0.25) is 4.79 Å². The number of carboxylic acids is 1. The molecule has 0 saturated heterocycles. The Hall–Kier alpha value is -1.52. The number of carbonyl (C=O) groups is 1. The Morgan fingerprint density at radius 1 is 1.53 bits per heavy atom. The summed E-state index contributed by atoms with van der Waals surface area (Å²) in [6.45, 7) is 5.84. The quantitative estimate of drug-likeness (QED) is 0.868. The molecule has 1 aliphatic rings. The summed E-state index contributed by atoms with van der Waals surface area (Å²) in [4.78, 5) is 11.2. The molecule has 1 aromatic heterocycles. The van der Waals surface area contributed by atoms with Gasteiger partial charge < -0.3 is 9.84 Å². The van der Waals surface area contributed by atoms with Gasteiger partial charge in [0.05, 0.1) is 18.7 Å². The van der Waals surface area contributed by atoms with Crippen LogP contribution in [0, 0.1) is 18.3 Å². The highest BCUT2D eigenvalue weighted by molar-refractivity contribution is 5.78. The molecular weight excluding hydrogens is 220 g/mol. The number of aryl methyl sites for hydroxylation is 2. The summed E-state index contributed by atoms with van der Waals surface area (Å²) >= 11 is 0. The lowest BCUT2D eigenvalue weighted by atomic mass is 10.0. The molecule has 0 spiro atoms. The van der Waals surface area contributed by atoms with E-state index >= 15 is 0 Å². The molecule has 1 saturated carbocycles. The first-order chi connectivity index (χ1) is 7.82. The van der Waals surface area contributed by atoms with Gasteiger partial charge >= 0.3 is 5.97 Å². The van der Waals surface area contributed by atoms with Crippen molar-refractivity contribution in [3.63, 3.8) is 0 Å². The van der Waals surface area contributed by atoms with E-state index in [0.29, 0.717) is 5.88 Å². The van der Waals surface area contributed by atoms with Crippen molar-refractivity contribution in [1.82, 2.24) is 9.78 Å². The van der Waals surface area contributed by atoms with Crippen LogP contribution in [0.4, 0.5) is 0 Å². The van der Waals surface area contributed by atoms with Crippen molar-refractivity contribution in [3.8, 4) is 5.88 Å². The fourth-order valence-corrected chi connectivity index (χ4v) is 2.89. The van der Waals surface area contributed by atoms with Crippen LogP contribution in [0.3, 0.4) is 0 Å². The van der Waals surface area contributed by atoms with Crippen LogP contribution < -0.4 is 4.74 Å². The fraction of sp³-hybridized carbons (Fsp3) is 0.667. The molecule has 5 nitrogen and oxygen atoms in total. The van der Waals surface area contributed by atoms with Gasteiger partial charge in [0.2, 0.25) is 5.88 Å². The van der Waals surface area contributed by atoms with Crippen molar-refractivity contribution in [2.45, 2.75) is 26.7 Å². The molecule has 1 fully saturated rings. The van der Waals surface area contributed by atoms with Crippen molar-refractivity contribution in [1.29, 1.82) is 0 Å². The van der Waals surface area contributed by atoms with E-state index in [9.17, 15) is 9.90 Å². The maximum Gasteiger partial charge on any atom is 0.307 e. The zero-order valence-corrected chi connectivity index (χ0v) is 10.8. The number of nitrogens with zero attached hydrogens (tertiary/aromatic N) is 2. The molecule has 2 atom stereocenters. The van der Waals surface area contributed by atoms with Crippen LogP contribution in [0.15, 0.2) is 0 Å². The average molecular weight is 238 g/mol. The molecule has 94 valence electrons. The zero-order chi connectivity index (χ0) is 13.0. The van der Waals surface area contributed by atoms with Gasteiger partial charge in [0, 0.05) is 18.5 Å². The summed E-state index contributed by atoms with van der Waals surface area (Å²) in [5.41, 5.74) is 1.56. The van der Waals surface area contributed by atoms with E-state index in [0.717, 1.165) is 11.3 Å². The van der Waals surface area contributed by atoms with Gasteiger partial charge in [-0.15, -0.1) is 0 Å². The number of rotatable bonds is 3. The summed E-state index contributed by atoms with van der Waals surface area (Å²) in [7, 11) is 3.39. The second-order valence-electron chi connectivity index (χ2n) is 5.25. The molecule has 0 bridgehead atoms. The molecule has 0 aliphatic heterocycles. The number of aromatic nitrogens is 2. The lowest BCUT2D eigenvalue weighted by molar-refractivity contribution is -0.139. The first-order valence-electron chi connectivity index (χ1n) is 5.62. The van der Waals surface area contributed by atoms with E-state index in [-0.39, 0.29) is 17.3 Å². The number of methoxy groups -OCH3 is 1. The van der Waals surface area contributed by atoms with Gasteiger partial charge in [0.1, 0.15) is 0 Å². The maximum absolute atomic E-state index is 11.2. The minimum absolute atomic E-state index is 0.0105. The van der Waals surface area contributed by atoms with Crippen LogP contribution in [0.2, 0.25) is 0 Å². The average Bonchev–Trinajstić information content (AvgIpc) is 2.63. The largest absolute Gasteiger partial charge is 0.481 e. The Morgan fingerprint density at radius 3 is 2.53 bits per heavy atom. The smallest absolute Gasteiger partial charge is 0.307 e. The lowest BCUT2D eigenvalue weighted by Crippen LogP contribution is -2.03. The van der Waals surface area contributed by atoms with Gasteiger partial charge in [-0.25, -0.2) is 4.68 Å². The normalized spacial score (nSPS) is 25.7. The van der Waals surface area contributed by atoms with Gasteiger partial charge in [0.15, 0.2) is 0 Å². The molecular formula is C12H18N2O3. The first-order valence-corrected chi connectivity index (χ1v) is 5.62. The van der Waals surface area contributed by atoms with Crippen LogP contribution in [-0.4, -0.2) is 28.0 Å². The Bertz CT molecular complexity index is 476. The lowest BCUT2D eigenvalue weighted by Gasteiger charge is -2.05. The predicted octanol–water partition coefficient (Wildman–Crippen LogP) is 1.56. The highest BCUT2D eigenvalue weighted by Crippen LogP contribution is 2.66. The van der Waals surface area contributed by atoms with E-state index < -0.39 is 5.97 Å². The van der Waals surface area contributed by atoms with Crippen molar-refractivity contribution < 1.29 is 14.6 Å². The van der Waals surface area contributed by atoms with Gasteiger partial charge in [-0.05, 0) is 12.3 Å². The third-order valence-corrected chi connectivity index (χ3v) is 3.81. The second-order valence-corrected chi connectivity index (χ2v) is 5.25. The van der Waals surface area contributed by atoms with E-state index in [1.54, 1.807) is 18.8 Å². The van der Waals surface area contributed by atoms with Gasteiger partial charge in [-0.1, -0.05) is 13.8 Å². The molecule has 1 N–H and O–H groups in total. The summed E-state index contributed by atoms with van der Waals surface area (Å²) in [6, 6.07) is 0. The minimum Gasteiger partial charge on any atom is -0.481 e. The molecule has 2 rings (SSSR count). The summed E-state index contributed by atoms with van der Waals surface area (Å²) in [5.74, 6) is -0.433. The molecule has 1 aliphatic carbocycles. The van der Waals surface area contributed by atoms with Crippen molar-refractivity contribution in [2.75, 3.05) is 7.11 Å². The number of hydrogen-bond acceptors (Lipinski definition) is 3. The molecule has 0 amide bonds. The van der Waals surface area contributed by atoms with Gasteiger partial charge in [-0.2, -0.15) is 5.10 Å². The molecule has 0 aromatic carbocycles. The van der Waals surface area contributed by atoms with E-state index in [2.05, 4.69) is 5.10 Å². The third-order valence-electron chi connectivity index (χ3n) is 3.81. The summed E-state index contributed by atoms with van der Waals surface area (Å²) in [6.07, 6.45) is 0. The molecule has 17 heavy (non-hydrogen) atoms. The number of carboxylic acid groups (broad SMARTS) is 1. The Labute approximate surface area is 100 Å². The molecule has 0 radical (unpaired) electrons. The fourth-order valence-electron chi connectivity index (χ4n) is 2.89. The maximum atomic E-state index is 11.2. The van der Waals surface area contributed by atoms with Crippen LogP contribution in [0.5, 0.6) is 5.88 Å². The van der Waals surface area contributed by atoms with Crippen LogP contribution in [0.25, 0.3) is 0 Å². The molecule has 1 heterocycles. The van der Waals surface area contributed by atoms with Crippen molar-refractivity contribution in [3.05, 3.63) is 11.3 Å². The van der Waals surface area contributed by atoms with Crippen LogP contribution in [-0.2, 0) is 11.8 Å². The van der Waals surface area contributed by atoms with E-state index in [1.807, 2.05) is 20.8 Å². The number of aliphatic carboxylic acids is 1.